The van der Waals surface area contributed by atoms with Gasteiger partial charge in [0.1, 0.15) is 18.0 Å². The van der Waals surface area contributed by atoms with Crippen LogP contribution >= 0.6 is 0 Å². The van der Waals surface area contributed by atoms with Gasteiger partial charge in [-0.05, 0) is 78.9 Å². The van der Waals surface area contributed by atoms with Gasteiger partial charge in [-0.1, -0.05) is 24.3 Å². The first-order chi connectivity index (χ1) is 19.5. The van der Waals surface area contributed by atoms with Gasteiger partial charge >= 0.3 is 0 Å². The first-order valence-electron chi connectivity index (χ1n) is 13.5. The normalized spacial score (nSPS) is 12.4. The predicted molar refractivity (Wildman–Crippen MR) is 159 cm³/mol. The second kappa shape index (κ2) is 12.1. The molecular formula is C32H35N5O3. The molecule has 8 nitrogen and oxygen atoms in total. The molecule has 4 aromatic rings. The van der Waals surface area contributed by atoms with Crippen LogP contribution in [0.25, 0.3) is 0 Å². The van der Waals surface area contributed by atoms with Gasteiger partial charge in [-0.15, -0.1) is 0 Å². The number of carbonyl (C=O) groups excluding carboxylic acids is 1. The lowest BCUT2D eigenvalue weighted by Gasteiger charge is -2.30. The Morgan fingerprint density at radius 1 is 0.975 bits per heavy atom. The van der Waals surface area contributed by atoms with Gasteiger partial charge in [0.2, 0.25) is 0 Å². The smallest absolute Gasteiger partial charge is 0.258 e. The molecule has 0 spiro atoms. The Labute approximate surface area is 235 Å². The molecule has 2 heterocycles. The van der Waals surface area contributed by atoms with E-state index in [4.69, 9.17) is 9.47 Å². The van der Waals surface area contributed by atoms with Crippen LogP contribution in [0.4, 0.5) is 17.3 Å². The summed E-state index contributed by atoms with van der Waals surface area (Å²) in [5.74, 6) is 3.11. The highest BCUT2D eigenvalue weighted by molar-refractivity contribution is 6.06. The average Bonchev–Trinajstić information content (AvgIpc) is 2.99. The third-order valence-corrected chi connectivity index (χ3v) is 7.24. The molecule has 0 unspecified atom stereocenters. The quantitative estimate of drug-likeness (QED) is 0.296. The fourth-order valence-corrected chi connectivity index (χ4v) is 5.05. The van der Waals surface area contributed by atoms with Crippen molar-refractivity contribution in [1.82, 2.24) is 9.97 Å². The molecule has 0 radical (unpaired) electrons. The first kappa shape index (κ1) is 27.0. The van der Waals surface area contributed by atoms with E-state index in [9.17, 15) is 4.79 Å². The number of hydrogen-bond acceptors (Lipinski definition) is 7. The van der Waals surface area contributed by atoms with Gasteiger partial charge in [0, 0.05) is 43.5 Å². The minimum Gasteiger partial charge on any atom is -0.493 e. The zero-order valence-electron chi connectivity index (χ0n) is 23.5. The number of methoxy groups -OCH3 is 2. The monoisotopic (exact) mass is 537 g/mol. The number of benzene rings is 3. The Morgan fingerprint density at radius 2 is 1.73 bits per heavy atom. The lowest BCUT2D eigenvalue weighted by Crippen LogP contribution is -2.31. The van der Waals surface area contributed by atoms with Gasteiger partial charge in [-0.2, -0.15) is 0 Å². The second-order valence-corrected chi connectivity index (χ2v) is 9.85. The molecule has 8 heteroatoms. The molecule has 0 saturated carbocycles. The lowest BCUT2D eigenvalue weighted by atomic mass is 9.99. The van der Waals surface area contributed by atoms with E-state index in [-0.39, 0.29) is 5.91 Å². The highest BCUT2D eigenvalue weighted by Crippen LogP contribution is 2.34. The zero-order valence-corrected chi connectivity index (χ0v) is 23.5. The van der Waals surface area contributed by atoms with Crippen LogP contribution in [-0.4, -0.2) is 43.2 Å². The molecule has 3 aromatic carbocycles. The molecule has 0 aliphatic carbocycles. The van der Waals surface area contributed by atoms with E-state index >= 15 is 0 Å². The summed E-state index contributed by atoms with van der Waals surface area (Å²) in [6, 6.07) is 21.9. The van der Waals surface area contributed by atoms with E-state index in [0.29, 0.717) is 18.7 Å². The number of ether oxygens (including phenoxy) is 2. The molecule has 0 atom stereocenters. The van der Waals surface area contributed by atoms with Crippen molar-refractivity contribution in [3.8, 4) is 11.5 Å². The van der Waals surface area contributed by atoms with Crippen molar-refractivity contribution in [2.24, 2.45) is 0 Å². The molecule has 5 rings (SSSR count). The van der Waals surface area contributed by atoms with Gasteiger partial charge < -0.3 is 24.6 Å². The second-order valence-electron chi connectivity index (χ2n) is 9.85. The summed E-state index contributed by atoms with van der Waals surface area (Å²) in [7, 11) is 3.32. The summed E-state index contributed by atoms with van der Waals surface area (Å²) in [5, 5.41) is 3.40. The molecule has 40 heavy (non-hydrogen) atoms. The number of nitrogens with one attached hydrogen (secondary N) is 1. The highest BCUT2D eigenvalue weighted by Gasteiger charge is 2.21. The number of amides is 1. The molecule has 1 aliphatic rings. The average molecular weight is 538 g/mol. The predicted octanol–water partition coefficient (Wildman–Crippen LogP) is 5.64. The zero-order chi connectivity index (χ0) is 28.1. The van der Waals surface area contributed by atoms with Crippen molar-refractivity contribution >= 4 is 23.2 Å². The van der Waals surface area contributed by atoms with Gasteiger partial charge in [-0.3, -0.25) is 4.79 Å². The Hall–Kier alpha value is -4.59. The van der Waals surface area contributed by atoms with Gasteiger partial charge in [-0.25, -0.2) is 9.97 Å². The summed E-state index contributed by atoms with van der Waals surface area (Å²) in [4.78, 5) is 26.2. The van der Waals surface area contributed by atoms with Crippen LogP contribution in [0.5, 0.6) is 11.5 Å². The lowest BCUT2D eigenvalue weighted by molar-refractivity contribution is 0.0988. The van der Waals surface area contributed by atoms with Gasteiger partial charge in [0.05, 0.1) is 14.2 Å². The maximum Gasteiger partial charge on any atom is 0.258 e. The van der Waals surface area contributed by atoms with E-state index in [1.54, 1.807) is 25.4 Å². The number of aromatic nitrogens is 2. The third kappa shape index (κ3) is 5.86. The van der Waals surface area contributed by atoms with Gasteiger partial charge in [0.25, 0.3) is 5.91 Å². The molecule has 206 valence electrons. The molecule has 1 aliphatic heterocycles. The minimum atomic E-state index is -0.00720. The van der Waals surface area contributed by atoms with Crippen molar-refractivity contribution in [3.05, 3.63) is 101 Å². The Balaban J connectivity index is 1.23. The molecule has 1 N–H and O–H groups in total. The van der Waals surface area contributed by atoms with Crippen LogP contribution in [-0.2, 0) is 19.5 Å². The van der Waals surface area contributed by atoms with Crippen LogP contribution in [0.3, 0.4) is 0 Å². The number of anilines is 3. The van der Waals surface area contributed by atoms with Crippen molar-refractivity contribution in [1.29, 1.82) is 0 Å². The van der Waals surface area contributed by atoms with Crippen LogP contribution < -0.4 is 24.6 Å². The highest BCUT2D eigenvalue weighted by atomic mass is 16.5. The number of nitrogens with zero attached hydrogens (tertiary/aromatic N) is 4. The molecule has 1 amide bonds. The maximum absolute atomic E-state index is 13.2. The number of rotatable bonds is 9. The summed E-state index contributed by atoms with van der Waals surface area (Å²) in [6.07, 6.45) is 2.49. The molecular weight excluding hydrogens is 502 g/mol. The molecule has 1 aromatic heterocycles. The van der Waals surface area contributed by atoms with Crippen molar-refractivity contribution in [2.75, 3.05) is 42.4 Å². The van der Waals surface area contributed by atoms with Crippen LogP contribution in [0, 0.1) is 6.92 Å². The van der Waals surface area contributed by atoms with E-state index in [2.05, 4.69) is 32.3 Å². The molecule has 0 bridgehead atoms. The van der Waals surface area contributed by atoms with E-state index in [0.717, 1.165) is 59.5 Å². The Kier molecular flexibility index (Phi) is 8.15. The van der Waals surface area contributed by atoms with E-state index < -0.39 is 0 Å². The summed E-state index contributed by atoms with van der Waals surface area (Å²) in [5.41, 5.74) is 6.23. The van der Waals surface area contributed by atoms with Crippen molar-refractivity contribution in [3.63, 3.8) is 0 Å². The number of aryl methyl sites for hydroxylation is 1. The fourth-order valence-electron chi connectivity index (χ4n) is 5.05. The molecule has 0 saturated heterocycles. The van der Waals surface area contributed by atoms with Gasteiger partial charge in [0.15, 0.2) is 11.5 Å². The molecule has 0 fully saturated rings. The summed E-state index contributed by atoms with van der Waals surface area (Å²) < 4.78 is 11.0. The summed E-state index contributed by atoms with van der Waals surface area (Å²) in [6.45, 7) is 6.80. The Morgan fingerprint density at radius 3 is 2.42 bits per heavy atom. The SMILES string of the molecule is CCN(C(=O)c1ccc(CNc2cc(N3CCc4cc(OC)c(OC)cc4C3)ncn2)cc1)c1cccc(C)c1. The fraction of sp³-hybridized carbons (Fsp3) is 0.281. The standard InChI is InChI=1S/C32H35N5O3/c1-5-37(27-8-6-7-22(2)15-27)32(38)24-11-9-23(10-12-24)19-33-30-18-31(35-21-34-30)36-14-13-25-16-28(39-3)29(40-4)17-26(25)20-36/h6-12,15-18,21H,5,13-14,19-20H2,1-4H3,(H,33,34,35). The largest absolute Gasteiger partial charge is 0.493 e. The topological polar surface area (TPSA) is 79.8 Å². The van der Waals surface area contributed by atoms with Crippen LogP contribution in [0.1, 0.15) is 39.5 Å². The van der Waals surface area contributed by atoms with Crippen molar-refractivity contribution in [2.45, 2.75) is 33.4 Å². The van der Waals surface area contributed by atoms with E-state index in [1.165, 1.54) is 11.1 Å². The first-order valence-corrected chi connectivity index (χ1v) is 13.5. The van der Waals surface area contributed by atoms with E-state index in [1.807, 2.05) is 68.4 Å². The minimum absolute atomic E-state index is 0.00720. The summed E-state index contributed by atoms with van der Waals surface area (Å²) >= 11 is 0. The maximum atomic E-state index is 13.2. The van der Waals surface area contributed by atoms with Crippen molar-refractivity contribution < 1.29 is 14.3 Å². The van der Waals surface area contributed by atoms with Crippen LogP contribution in [0.2, 0.25) is 0 Å². The third-order valence-electron chi connectivity index (χ3n) is 7.24. The number of hydrogen-bond donors (Lipinski definition) is 1. The van der Waals surface area contributed by atoms with Crippen LogP contribution in [0.15, 0.2) is 73.1 Å². The number of carbonyl (C=O) groups is 1. The number of fused-ring (bicyclic) bond motifs is 1. The Bertz CT molecular complexity index is 1490.